The van der Waals surface area contributed by atoms with Crippen LogP contribution in [-0.2, 0) is 0 Å². The van der Waals surface area contributed by atoms with Crippen LogP contribution in [0.3, 0.4) is 0 Å². The number of thiocarbonyl (C=S) groups is 1. The number of para-hydroxylation sites is 1. The van der Waals surface area contributed by atoms with Crippen molar-refractivity contribution in [3.05, 3.63) is 89.0 Å². The Morgan fingerprint density at radius 1 is 0.938 bits per heavy atom. The van der Waals surface area contributed by atoms with Crippen molar-refractivity contribution >= 4 is 28.7 Å². The largest absolute Gasteiger partial charge is 0.486 e. The molecular weight excluding hydrogens is 418 g/mol. The normalized spacial score (nSPS) is 17.1. The quantitative estimate of drug-likeness (QED) is 0.532. The second kappa shape index (κ2) is 8.63. The number of hydrazone groups is 1. The molecule has 32 heavy (non-hydrogen) atoms. The summed E-state index contributed by atoms with van der Waals surface area (Å²) < 4.78 is 11.5. The third-order valence-corrected chi connectivity index (χ3v) is 6.22. The van der Waals surface area contributed by atoms with E-state index in [0.29, 0.717) is 18.3 Å². The molecule has 0 bridgehead atoms. The van der Waals surface area contributed by atoms with Crippen LogP contribution in [0.25, 0.3) is 0 Å². The summed E-state index contributed by atoms with van der Waals surface area (Å²) in [6.07, 6.45) is 0.749. The van der Waals surface area contributed by atoms with E-state index < -0.39 is 0 Å². The summed E-state index contributed by atoms with van der Waals surface area (Å²) in [6.45, 7) is 5.39. The summed E-state index contributed by atoms with van der Waals surface area (Å²) >= 11 is 5.80. The Hall–Kier alpha value is -3.38. The Morgan fingerprint density at radius 2 is 1.72 bits per heavy atom. The first-order chi connectivity index (χ1) is 15.6. The molecule has 6 heteroatoms. The number of anilines is 1. The van der Waals surface area contributed by atoms with Crippen molar-refractivity contribution in [1.82, 2.24) is 5.01 Å². The monoisotopic (exact) mass is 443 g/mol. The summed E-state index contributed by atoms with van der Waals surface area (Å²) in [5, 5.41) is 10.8. The lowest BCUT2D eigenvalue weighted by Gasteiger charge is -2.26. The van der Waals surface area contributed by atoms with E-state index in [1.165, 1.54) is 11.1 Å². The molecule has 1 atom stereocenters. The number of aryl methyl sites for hydroxylation is 2. The van der Waals surface area contributed by atoms with Gasteiger partial charge in [-0.15, -0.1) is 0 Å². The van der Waals surface area contributed by atoms with Gasteiger partial charge in [0, 0.05) is 12.1 Å². The SMILES string of the molecule is Cc1ccc(C2=NN(C(=S)Nc3ccccc3)C(c3ccc4c(c3)OCCO4)C2)cc1C. The van der Waals surface area contributed by atoms with Gasteiger partial charge in [0.1, 0.15) is 13.2 Å². The van der Waals surface area contributed by atoms with E-state index >= 15 is 0 Å². The minimum absolute atomic E-state index is 0.0360. The zero-order valence-corrected chi connectivity index (χ0v) is 19.0. The highest BCUT2D eigenvalue weighted by molar-refractivity contribution is 7.80. The molecule has 5 nitrogen and oxygen atoms in total. The van der Waals surface area contributed by atoms with Crippen LogP contribution < -0.4 is 14.8 Å². The molecule has 5 rings (SSSR count). The van der Waals surface area contributed by atoms with Crippen molar-refractivity contribution in [2.45, 2.75) is 26.3 Å². The van der Waals surface area contributed by atoms with Crippen LogP contribution in [0.5, 0.6) is 11.5 Å². The van der Waals surface area contributed by atoms with Crippen molar-refractivity contribution in [2.75, 3.05) is 18.5 Å². The second-order valence-corrected chi connectivity index (χ2v) is 8.50. The fourth-order valence-electron chi connectivity index (χ4n) is 4.02. The maximum atomic E-state index is 5.83. The van der Waals surface area contributed by atoms with Gasteiger partial charge in [-0.25, -0.2) is 5.01 Å². The Labute approximate surface area is 193 Å². The van der Waals surface area contributed by atoms with Gasteiger partial charge in [-0.3, -0.25) is 0 Å². The highest BCUT2D eigenvalue weighted by Gasteiger charge is 2.32. The van der Waals surface area contributed by atoms with Gasteiger partial charge in [0.15, 0.2) is 16.6 Å². The number of nitrogens with zero attached hydrogens (tertiary/aromatic N) is 2. The third kappa shape index (κ3) is 4.06. The van der Waals surface area contributed by atoms with Crippen molar-refractivity contribution in [1.29, 1.82) is 0 Å². The molecular formula is C26H25N3O2S. The maximum Gasteiger partial charge on any atom is 0.194 e. The van der Waals surface area contributed by atoms with Crippen LogP contribution in [0.4, 0.5) is 5.69 Å². The predicted octanol–water partition coefficient (Wildman–Crippen LogP) is 5.62. The van der Waals surface area contributed by atoms with Crippen molar-refractivity contribution in [3.63, 3.8) is 0 Å². The maximum absolute atomic E-state index is 5.83. The molecule has 1 unspecified atom stereocenters. The predicted molar refractivity (Wildman–Crippen MR) is 132 cm³/mol. The molecule has 2 aliphatic heterocycles. The van der Waals surface area contributed by atoms with E-state index in [4.69, 9.17) is 26.8 Å². The van der Waals surface area contributed by atoms with E-state index in [2.05, 4.69) is 49.5 Å². The molecule has 0 fully saturated rings. The van der Waals surface area contributed by atoms with Gasteiger partial charge in [-0.2, -0.15) is 5.10 Å². The van der Waals surface area contributed by atoms with Gasteiger partial charge in [-0.1, -0.05) is 36.4 Å². The third-order valence-electron chi connectivity index (χ3n) is 5.93. The molecule has 2 heterocycles. The van der Waals surface area contributed by atoms with Gasteiger partial charge >= 0.3 is 0 Å². The number of hydrogen-bond acceptors (Lipinski definition) is 4. The fourth-order valence-corrected chi connectivity index (χ4v) is 4.31. The van der Waals surface area contributed by atoms with Gasteiger partial charge in [0.05, 0.1) is 11.8 Å². The van der Waals surface area contributed by atoms with Crippen LogP contribution in [0.2, 0.25) is 0 Å². The Balaban J connectivity index is 1.49. The van der Waals surface area contributed by atoms with Crippen LogP contribution >= 0.6 is 12.2 Å². The Bertz CT molecular complexity index is 1190. The minimum atomic E-state index is -0.0360. The number of ether oxygens (including phenoxy) is 2. The molecule has 0 aliphatic carbocycles. The molecule has 162 valence electrons. The van der Waals surface area contributed by atoms with Gasteiger partial charge < -0.3 is 14.8 Å². The van der Waals surface area contributed by atoms with Crippen LogP contribution in [0.15, 0.2) is 71.8 Å². The lowest BCUT2D eigenvalue weighted by atomic mass is 9.96. The van der Waals surface area contributed by atoms with Crippen molar-refractivity contribution < 1.29 is 9.47 Å². The summed E-state index contributed by atoms with van der Waals surface area (Å²) in [7, 11) is 0. The average molecular weight is 444 g/mol. The number of rotatable bonds is 3. The molecule has 0 aromatic heterocycles. The number of nitrogens with one attached hydrogen (secondary N) is 1. The zero-order valence-electron chi connectivity index (χ0n) is 18.2. The van der Waals surface area contributed by atoms with Crippen molar-refractivity contribution in [2.24, 2.45) is 5.10 Å². The second-order valence-electron chi connectivity index (χ2n) is 8.11. The summed E-state index contributed by atoms with van der Waals surface area (Å²) in [5.41, 5.74) is 6.70. The highest BCUT2D eigenvalue weighted by Crippen LogP contribution is 2.38. The molecule has 1 N–H and O–H groups in total. The number of fused-ring (bicyclic) bond motifs is 1. The molecule has 2 aliphatic rings. The summed E-state index contributed by atoms with van der Waals surface area (Å²) in [5.74, 6) is 1.56. The average Bonchev–Trinajstić information content (AvgIpc) is 3.27. The first-order valence-electron chi connectivity index (χ1n) is 10.8. The van der Waals surface area contributed by atoms with E-state index in [0.717, 1.165) is 40.4 Å². The van der Waals surface area contributed by atoms with E-state index in [-0.39, 0.29) is 6.04 Å². The molecule has 0 saturated carbocycles. The first kappa shape index (κ1) is 20.5. The Kier molecular flexibility index (Phi) is 5.53. The molecule has 0 spiro atoms. The molecule has 0 amide bonds. The number of benzene rings is 3. The number of hydrogen-bond donors (Lipinski definition) is 1. The molecule has 0 saturated heterocycles. The smallest absolute Gasteiger partial charge is 0.194 e. The van der Waals surface area contributed by atoms with Crippen LogP contribution in [0, 0.1) is 13.8 Å². The standard InChI is InChI=1S/C26H25N3O2S/c1-17-8-9-19(14-18(17)2)22-16-23(20-10-11-24-25(15-20)31-13-12-30-24)29(28-22)26(32)27-21-6-4-3-5-7-21/h3-11,14-15,23H,12-13,16H2,1-2H3,(H,27,32). The van der Waals surface area contributed by atoms with Crippen LogP contribution in [-0.4, -0.2) is 29.0 Å². The zero-order chi connectivity index (χ0) is 22.1. The lowest BCUT2D eigenvalue weighted by Crippen LogP contribution is -2.31. The van der Waals surface area contributed by atoms with E-state index in [1.807, 2.05) is 41.4 Å². The van der Waals surface area contributed by atoms with E-state index in [1.54, 1.807) is 0 Å². The summed E-state index contributed by atoms with van der Waals surface area (Å²) in [6, 6.07) is 22.5. The molecule has 3 aromatic rings. The highest BCUT2D eigenvalue weighted by atomic mass is 32.1. The van der Waals surface area contributed by atoms with Gasteiger partial charge in [0.25, 0.3) is 0 Å². The fraction of sp³-hybridized carbons (Fsp3) is 0.231. The van der Waals surface area contributed by atoms with Crippen molar-refractivity contribution in [3.8, 4) is 11.5 Å². The van der Waals surface area contributed by atoms with E-state index in [9.17, 15) is 0 Å². The van der Waals surface area contributed by atoms with Crippen LogP contribution in [0.1, 0.15) is 34.7 Å². The molecule has 0 radical (unpaired) electrons. The van der Waals surface area contributed by atoms with Gasteiger partial charge in [-0.05, 0) is 78.7 Å². The first-order valence-corrected chi connectivity index (χ1v) is 11.2. The lowest BCUT2D eigenvalue weighted by molar-refractivity contribution is 0.171. The summed E-state index contributed by atoms with van der Waals surface area (Å²) in [4.78, 5) is 0. The molecule has 3 aromatic carbocycles. The van der Waals surface area contributed by atoms with Gasteiger partial charge in [0.2, 0.25) is 0 Å². The minimum Gasteiger partial charge on any atom is -0.486 e. The Morgan fingerprint density at radius 3 is 2.50 bits per heavy atom. The topological polar surface area (TPSA) is 46.1 Å².